The molecule has 0 unspecified atom stereocenters. The highest BCUT2D eigenvalue weighted by atomic mass is 19.4. The van der Waals surface area contributed by atoms with Gasteiger partial charge in [0.05, 0.1) is 6.04 Å². The minimum Gasteiger partial charge on any atom is -0.476 e. The van der Waals surface area contributed by atoms with E-state index in [1.54, 1.807) is 0 Å². The Hall–Kier alpha value is -1.60. The molecule has 1 aliphatic rings. The molecule has 0 amide bonds. The summed E-state index contributed by atoms with van der Waals surface area (Å²) in [5.74, 6) is -1.70. The Kier molecular flexibility index (Phi) is 3.27. The van der Waals surface area contributed by atoms with Crippen molar-refractivity contribution in [3.63, 3.8) is 0 Å². The van der Waals surface area contributed by atoms with Gasteiger partial charge in [0.15, 0.2) is 5.69 Å². The van der Waals surface area contributed by atoms with E-state index in [2.05, 4.69) is 10.3 Å². The molecule has 1 aliphatic carbocycles. The van der Waals surface area contributed by atoms with Crippen molar-refractivity contribution in [3.05, 3.63) is 11.4 Å². The lowest BCUT2D eigenvalue weighted by molar-refractivity contribution is -0.145. The third kappa shape index (κ3) is 2.32. The summed E-state index contributed by atoms with van der Waals surface area (Å²) in [5.41, 5.74) is -2.27. The van der Waals surface area contributed by atoms with E-state index in [-0.39, 0.29) is 0 Å². The van der Waals surface area contributed by atoms with E-state index in [9.17, 15) is 18.0 Å². The third-order valence-corrected chi connectivity index (χ3v) is 3.09. The van der Waals surface area contributed by atoms with Gasteiger partial charge in [0.25, 0.3) is 0 Å². The van der Waals surface area contributed by atoms with Gasteiger partial charge < -0.3 is 5.11 Å². The van der Waals surface area contributed by atoms with Crippen molar-refractivity contribution in [2.24, 2.45) is 0 Å². The maximum atomic E-state index is 12.9. The van der Waals surface area contributed by atoms with Crippen LogP contribution in [0.15, 0.2) is 0 Å². The molecule has 0 radical (unpaired) electrons. The van der Waals surface area contributed by atoms with Gasteiger partial charge in [-0.3, -0.25) is 0 Å². The van der Waals surface area contributed by atoms with Crippen LogP contribution in [0.3, 0.4) is 0 Å². The van der Waals surface area contributed by atoms with E-state index in [1.165, 1.54) is 0 Å². The largest absolute Gasteiger partial charge is 0.476 e. The van der Waals surface area contributed by atoms with Gasteiger partial charge in [-0.1, -0.05) is 24.5 Å². The van der Waals surface area contributed by atoms with E-state index >= 15 is 0 Å². The average Bonchev–Trinajstić information content (AvgIpc) is 2.74. The first kappa shape index (κ1) is 12.8. The molecule has 0 atom stereocenters. The second-order valence-corrected chi connectivity index (χ2v) is 4.33. The molecule has 0 saturated heterocycles. The Labute approximate surface area is 101 Å². The topological polar surface area (TPSA) is 68.0 Å². The van der Waals surface area contributed by atoms with Crippen molar-refractivity contribution in [1.29, 1.82) is 0 Å². The molecule has 0 bridgehead atoms. The smallest absolute Gasteiger partial charge is 0.435 e. The third-order valence-electron chi connectivity index (χ3n) is 3.09. The fourth-order valence-electron chi connectivity index (χ4n) is 2.28. The Morgan fingerprint density at radius 1 is 1.28 bits per heavy atom. The number of carboxylic acid groups (broad SMARTS) is 1. The quantitative estimate of drug-likeness (QED) is 0.890. The highest BCUT2D eigenvalue weighted by Gasteiger charge is 2.43. The molecule has 0 spiro atoms. The van der Waals surface area contributed by atoms with Crippen LogP contribution in [0.4, 0.5) is 13.2 Å². The summed E-state index contributed by atoms with van der Waals surface area (Å²) in [4.78, 5) is 10.7. The molecule has 0 aliphatic heterocycles. The lowest BCUT2D eigenvalue weighted by Crippen LogP contribution is -2.23. The van der Waals surface area contributed by atoms with Crippen molar-refractivity contribution in [3.8, 4) is 0 Å². The molecular formula is C10H12F3N3O2. The van der Waals surface area contributed by atoms with Crippen LogP contribution in [0.2, 0.25) is 0 Å². The van der Waals surface area contributed by atoms with E-state index in [0.717, 1.165) is 23.9 Å². The highest BCUT2D eigenvalue weighted by molar-refractivity contribution is 5.86. The fraction of sp³-hybridized carbons (Fsp3) is 0.700. The summed E-state index contributed by atoms with van der Waals surface area (Å²) in [6.45, 7) is 0. The monoisotopic (exact) mass is 263 g/mol. The molecule has 1 heterocycles. The first-order valence-electron chi connectivity index (χ1n) is 5.67. The van der Waals surface area contributed by atoms with Crippen LogP contribution in [0.5, 0.6) is 0 Å². The first-order chi connectivity index (χ1) is 8.41. The van der Waals surface area contributed by atoms with E-state index in [4.69, 9.17) is 5.11 Å². The van der Waals surface area contributed by atoms with Crippen molar-refractivity contribution in [1.82, 2.24) is 15.0 Å². The standard InChI is InChI=1S/C10H12F3N3O2/c11-10(12,13)8-7(9(17)18)14-15-16(8)6-4-2-1-3-5-6/h6H,1-5H2,(H,17,18). The molecule has 1 fully saturated rings. The van der Waals surface area contributed by atoms with Gasteiger partial charge in [0, 0.05) is 0 Å². The number of aromatic carboxylic acids is 1. The number of halogens is 3. The SMILES string of the molecule is O=C(O)c1nnn(C2CCCCC2)c1C(F)(F)F. The van der Waals surface area contributed by atoms with Crippen LogP contribution < -0.4 is 0 Å². The molecule has 5 nitrogen and oxygen atoms in total. The van der Waals surface area contributed by atoms with Crippen molar-refractivity contribution in [2.75, 3.05) is 0 Å². The summed E-state index contributed by atoms with van der Waals surface area (Å²) in [6, 6.07) is -0.407. The lowest BCUT2D eigenvalue weighted by Gasteiger charge is -2.23. The predicted molar refractivity (Wildman–Crippen MR) is 54.1 cm³/mol. The van der Waals surface area contributed by atoms with Crippen LogP contribution in [-0.2, 0) is 6.18 Å². The van der Waals surface area contributed by atoms with Gasteiger partial charge in [-0.2, -0.15) is 13.2 Å². The van der Waals surface area contributed by atoms with Crippen LogP contribution in [0, 0.1) is 0 Å². The number of rotatable bonds is 2. The van der Waals surface area contributed by atoms with Gasteiger partial charge in [-0.05, 0) is 12.8 Å². The number of alkyl halides is 3. The minimum atomic E-state index is -4.76. The summed E-state index contributed by atoms with van der Waals surface area (Å²) < 4.78 is 39.4. The Morgan fingerprint density at radius 2 is 1.89 bits per heavy atom. The maximum Gasteiger partial charge on any atom is 0.435 e. The zero-order valence-corrected chi connectivity index (χ0v) is 9.44. The molecule has 0 aromatic carbocycles. The van der Waals surface area contributed by atoms with Crippen molar-refractivity contribution < 1.29 is 23.1 Å². The van der Waals surface area contributed by atoms with E-state index in [0.29, 0.717) is 12.8 Å². The Balaban J connectivity index is 2.44. The van der Waals surface area contributed by atoms with E-state index < -0.39 is 29.6 Å². The Bertz CT molecular complexity index is 450. The lowest BCUT2D eigenvalue weighted by atomic mass is 9.95. The zero-order chi connectivity index (χ0) is 13.3. The average molecular weight is 263 g/mol. The summed E-state index contributed by atoms with van der Waals surface area (Å²) >= 11 is 0. The predicted octanol–water partition coefficient (Wildman–Crippen LogP) is 2.50. The zero-order valence-electron chi connectivity index (χ0n) is 9.44. The van der Waals surface area contributed by atoms with Gasteiger partial charge in [-0.15, -0.1) is 5.10 Å². The maximum absolute atomic E-state index is 12.9. The second-order valence-electron chi connectivity index (χ2n) is 4.33. The fourth-order valence-corrected chi connectivity index (χ4v) is 2.28. The summed E-state index contributed by atoms with van der Waals surface area (Å²) in [5, 5.41) is 15.3. The number of carboxylic acids is 1. The van der Waals surface area contributed by atoms with Crippen molar-refractivity contribution in [2.45, 2.75) is 44.3 Å². The molecule has 100 valence electrons. The van der Waals surface area contributed by atoms with Crippen LogP contribution in [0.1, 0.15) is 54.3 Å². The number of hydrogen-bond acceptors (Lipinski definition) is 3. The highest BCUT2D eigenvalue weighted by Crippen LogP contribution is 2.36. The molecule has 1 N–H and O–H groups in total. The first-order valence-corrected chi connectivity index (χ1v) is 5.67. The number of aromatic nitrogens is 3. The minimum absolute atomic E-state index is 0.407. The number of hydrogen-bond donors (Lipinski definition) is 1. The molecule has 8 heteroatoms. The molecular weight excluding hydrogens is 251 g/mol. The Morgan fingerprint density at radius 3 is 2.39 bits per heavy atom. The van der Waals surface area contributed by atoms with Gasteiger partial charge in [0.1, 0.15) is 0 Å². The molecule has 2 rings (SSSR count). The van der Waals surface area contributed by atoms with Crippen LogP contribution >= 0.6 is 0 Å². The number of nitrogens with zero attached hydrogens (tertiary/aromatic N) is 3. The van der Waals surface area contributed by atoms with Gasteiger partial charge in [-0.25, -0.2) is 9.48 Å². The van der Waals surface area contributed by atoms with Crippen molar-refractivity contribution >= 4 is 5.97 Å². The summed E-state index contributed by atoms with van der Waals surface area (Å²) in [7, 11) is 0. The van der Waals surface area contributed by atoms with Gasteiger partial charge in [0.2, 0.25) is 5.69 Å². The molecule has 1 aromatic rings. The second kappa shape index (κ2) is 4.58. The molecule has 1 aromatic heterocycles. The summed E-state index contributed by atoms with van der Waals surface area (Å²) in [6.07, 6.45) is -0.974. The molecule has 18 heavy (non-hydrogen) atoms. The normalized spacial score (nSPS) is 17.9. The number of carbonyl (C=O) groups is 1. The van der Waals surface area contributed by atoms with E-state index in [1.807, 2.05) is 0 Å². The molecule has 1 saturated carbocycles. The van der Waals surface area contributed by atoms with Crippen LogP contribution in [-0.4, -0.2) is 26.1 Å². The van der Waals surface area contributed by atoms with Gasteiger partial charge >= 0.3 is 12.1 Å². The van der Waals surface area contributed by atoms with Crippen LogP contribution in [0.25, 0.3) is 0 Å².